The lowest BCUT2D eigenvalue weighted by Crippen LogP contribution is -2.22. The fourth-order valence-corrected chi connectivity index (χ4v) is 2.16. The van der Waals surface area contributed by atoms with Gasteiger partial charge in [0.15, 0.2) is 0 Å². The Labute approximate surface area is 104 Å². The lowest BCUT2D eigenvalue weighted by Gasteiger charge is -2.26. The van der Waals surface area contributed by atoms with E-state index in [0.29, 0.717) is 12.0 Å². The van der Waals surface area contributed by atoms with E-state index in [2.05, 4.69) is 44.3 Å². The Morgan fingerprint density at radius 1 is 1.41 bits per heavy atom. The van der Waals surface area contributed by atoms with Crippen LogP contribution in [0.1, 0.15) is 39.2 Å². The van der Waals surface area contributed by atoms with Crippen LogP contribution in [-0.2, 0) is 6.42 Å². The standard InChI is InChI=1S/C15H23NO/c1-11(2)9-10-17-14-6-4-5-13-8-7-12(3)16-15(13)14/h4-6,11-12,16H,7-10H2,1-3H3. The van der Waals surface area contributed by atoms with Gasteiger partial charge in [-0.05, 0) is 43.7 Å². The lowest BCUT2D eigenvalue weighted by atomic mass is 9.98. The largest absolute Gasteiger partial charge is 0.491 e. The van der Waals surface area contributed by atoms with Gasteiger partial charge >= 0.3 is 0 Å². The van der Waals surface area contributed by atoms with E-state index in [9.17, 15) is 0 Å². The first kappa shape index (κ1) is 12.3. The average Bonchev–Trinajstić information content (AvgIpc) is 2.29. The van der Waals surface area contributed by atoms with Gasteiger partial charge in [-0.25, -0.2) is 0 Å². The number of ether oxygens (including phenoxy) is 1. The van der Waals surface area contributed by atoms with E-state index in [1.54, 1.807) is 0 Å². The van der Waals surface area contributed by atoms with Gasteiger partial charge < -0.3 is 10.1 Å². The van der Waals surface area contributed by atoms with Crippen molar-refractivity contribution in [2.45, 2.75) is 46.1 Å². The molecule has 0 radical (unpaired) electrons. The van der Waals surface area contributed by atoms with Gasteiger partial charge in [0.05, 0.1) is 12.3 Å². The van der Waals surface area contributed by atoms with Crippen LogP contribution < -0.4 is 10.1 Å². The topological polar surface area (TPSA) is 21.3 Å². The summed E-state index contributed by atoms with van der Waals surface area (Å²) in [7, 11) is 0. The highest BCUT2D eigenvalue weighted by Crippen LogP contribution is 2.33. The number of anilines is 1. The molecule has 17 heavy (non-hydrogen) atoms. The lowest BCUT2D eigenvalue weighted by molar-refractivity contribution is 0.290. The molecule has 2 nitrogen and oxygen atoms in total. The quantitative estimate of drug-likeness (QED) is 0.852. The van der Waals surface area contributed by atoms with Crippen LogP contribution in [0.4, 0.5) is 5.69 Å². The summed E-state index contributed by atoms with van der Waals surface area (Å²) >= 11 is 0. The number of para-hydroxylation sites is 1. The Kier molecular flexibility index (Phi) is 3.93. The number of nitrogens with one attached hydrogen (secondary N) is 1. The Bertz CT molecular complexity index is 373. The zero-order valence-electron chi connectivity index (χ0n) is 11.1. The van der Waals surface area contributed by atoms with Crippen LogP contribution in [0.5, 0.6) is 5.75 Å². The van der Waals surface area contributed by atoms with Gasteiger partial charge in [-0.15, -0.1) is 0 Å². The van der Waals surface area contributed by atoms with Gasteiger partial charge in [0.1, 0.15) is 5.75 Å². The molecule has 1 heterocycles. The van der Waals surface area contributed by atoms with Crippen LogP contribution in [0.2, 0.25) is 0 Å². The molecule has 0 amide bonds. The summed E-state index contributed by atoms with van der Waals surface area (Å²) in [6, 6.07) is 6.92. The van der Waals surface area contributed by atoms with Crippen molar-refractivity contribution >= 4 is 5.69 Å². The second-order valence-electron chi connectivity index (χ2n) is 5.41. The molecule has 0 saturated heterocycles. The van der Waals surface area contributed by atoms with E-state index in [-0.39, 0.29) is 0 Å². The second-order valence-corrected chi connectivity index (χ2v) is 5.41. The van der Waals surface area contributed by atoms with Crippen molar-refractivity contribution < 1.29 is 4.74 Å². The number of hydrogen-bond donors (Lipinski definition) is 1. The molecule has 0 saturated carbocycles. The summed E-state index contributed by atoms with van der Waals surface area (Å²) in [6.45, 7) is 7.49. The molecule has 1 aromatic carbocycles. The van der Waals surface area contributed by atoms with Crippen molar-refractivity contribution in [3.63, 3.8) is 0 Å². The molecule has 0 spiro atoms. The van der Waals surface area contributed by atoms with Gasteiger partial charge in [-0.2, -0.15) is 0 Å². The minimum Gasteiger partial charge on any atom is -0.491 e. The van der Waals surface area contributed by atoms with Crippen LogP contribution in [0, 0.1) is 5.92 Å². The minimum absolute atomic E-state index is 0.553. The third-order valence-corrected chi connectivity index (χ3v) is 3.30. The fraction of sp³-hybridized carbons (Fsp3) is 0.600. The van der Waals surface area contributed by atoms with Crippen LogP contribution in [-0.4, -0.2) is 12.6 Å². The van der Waals surface area contributed by atoms with Gasteiger partial charge in [0.2, 0.25) is 0 Å². The van der Waals surface area contributed by atoms with E-state index in [1.165, 1.54) is 17.7 Å². The Morgan fingerprint density at radius 2 is 2.24 bits per heavy atom. The number of hydrogen-bond acceptors (Lipinski definition) is 2. The Morgan fingerprint density at radius 3 is 3.00 bits per heavy atom. The number of benzene rings is 1. The minimum atomic E-state index is 0.553. The van der Waals surface area contributed by atoms with Gasteiger partial charge in [0, 0.05) is 6.04 Å². The second kappa shape index (κ2) is 5.44. The summed E-state index contributed by atoms with van der Waals surface area (Å²) in [5.74, 6) is 1.72. The van der Waals surface area contributed by atoms with Crippen LogP contribution in [0.3, 0.4) is 0 Å². The third kappa shape index (κ3) is 3.15. The van der Waals surface area contributed by atoms with Gasteiger partial charge in [0.25, 0.3) is 0 Å². The summed E-state index contributed by atoms with van der Waals surface area (Å²) < 4.78 is 5.90. The molecule has 0 fully saturated rings. The maximum atomic E-state index is 5.90. The number of aryl methyl sites for hydroxylation is 1. The SMILES string of the molecule is CC(C)CCOc1cccc2c1NC(C)CC2. The first-order valence-corrected chi connectivity index (χ1v) is 6.68. The number of fused-ring (bicyclic) bond motifs is 1. The van der Waals surface area contributed by atoms with E-state index in [4.69, 9.17) is 4.74 Å². The zero-order chi connectivity index (χ0) is 12.3. The van der Waals surface area contributed by atoms with Gasteiger partial charge in [-0.1, -0.05) is 26.0 Å². The molecule has 1 aliphatic rings. The fourth-order valence-electron chi connectivity index (χ4n) is 2.16. The highest BCUT2D eigenvalue weighted by molar-refractivity contribution is 5.63. The molecule has 2 rings (SSSR count). The van der Waals surface area contributed by atoms with E-state index >= 15 is 0 Å². The van der Waals surface area contributed by atoms with Crippen molar-refractivity contribution in [2.24, 2.45) is 5.92 Å². The summed E-state index contributed by atoms with van der Waals surface area (Å²) in [5, 5.41) is 3.54. The molecule has 1 N–H and O–H groups in total. The molecule has 94 valence electrons. The summed E-state index contributed by atoms with van der Waals surface area (Å²) in [5.41, 5.74) is 2.61. The van der Waals surface area contributed by atoms with E-state index in [0.717, 1.165) is 25.2 Å². The van der Waals surface area contributed by atoms with Crippen molar-refractivity contribution in [3.05, 3.63) is 23.8 Å². The first-order chi connectivity index (χ1) is 8.16. The highest BCUT2D eigenvalue weighted by Gasteiger charge is 2.17. The molecule has 1 aromatic rings. The predicted molar refractivity (Wildman–Crippen MR) is 72.8 cm³/mol. The molecule has 0 aromatic heterocycles. The summed E-state index contributed by atoms with van der Waals surface area (Å²) in [4.78, 5) is 0. The van der Waals surface area contributed by atoms with E-state index < -0.39 is 0 Å². The maximum absolute atomic E-state index is 5.90. The van der Waals surface area contributed by atoms with Crippen molar-refractivity contribution in [2.75, 3.05) is 11.9 Å². The normalized spacial score (nSPS) is 18.7. The molecule has 0 aliphatic carbocycles. The monoisotopic (exact) mass is 233 g/mol. The Hall–Kier alpha value is -1.18. The highest BCUT2D eigenvalue weighted by atomic mass is 16.5. The van der Waals surface area contributed by atoms with Crippen molar-refractivity contribution in [3.8, 4) is 5.75 Å². The van der Waals surface area contributed by atoms with E-state index in [1.807, 2.05) is 0 Å². The smallest absolute Gasteiger partial charge is 0.142 e. The molecule has 0 bridgehead atoms. The number of rotatable bonds is 4. The average molecular weight is 233 g/mol. The molecule has 1 aliphatic heterocycles. The molecule has 2 heteroatoms. The van der Waals surface area contributed by atoms with Crippen molar-refractivity contribution in [1.29, 1.82) is 0 Å². The molecular formula is C15H23NO. The van der Waals surface area contributed by atoms with Crippen LogP contribution >= 0.6 is 0 Å². The molecular weight excluding hydrogens is 210 g/mol. The third-order valence-electron chi connectivity index (χ3n) is 3.30. The Balaban J connectivity index is 2.06. The summed E-state index contributed by atoms with van der Waals surface area (Å²) in [6.07, 6.45) is 3.48. The van der Waals surface area contributed by atoms with Gasteiger partial charge in [-0.3, -0.25) is 0 Å². The first-order valence-electron chi connectivity index (χ1n) is 6.68. The van der Waals surface area contributed by atoms with Crippen molar-refractivity contribution in [1.82, 2.24) is 0 Å². The maximum Gasteiger partial charge on any atom is 0.142 e. The predicted octanol–water partition coefficient (Wildman–Crippen LogP) is 3.86. The van der Waals surface area contributed by atoms with Crippen LogP contribution in [0.15, 0.2) is 18.2 Å². The molecule has 1 atom stereocenters. The zero-order valence-corrected chi connectivity index (χ0v) is 11.1. The molecule has 1 unspecified atom stereocenters. The van der Waals surface area contributed by atoms with Crippen LogP contribution in [0.25, 0.3) is 0 Å².